The Morgan fingerprint density at radius 1 is 1.28 bits per heavy atom. The fourth-order valence-electron chi connectivity index (χ4n) is 1.67. The number of halogens is 3. The lowest BCUT2D eigenvalue weighted by Crippen LogP contribution is -2.20. The van der Waals surface area contributed by atoms with E-state index >= 15 is 0 Å². The molecule has 0 aliphatic carbocycles. The molecule has 1 aromatic rings. The molecule has 0 aliphatic heterocycles. The first kappa shape index (κ1) is 15.7. The third kappa shape index (κ3) is 4.73. The molecule has 1 unspecified atom stereocenters. The molecule has 1 aromatic carbocycles. The number of nitrogens with one attached hydrogen (secondary N) is 1. The van der Waals surface area contributed by atoms with Crippen molar-refractivity contribution in [3.63, 3.8) is 0 Å². The summed E-state index contributed by atoms with van der Waals surface area (Å²) in [6.07, 6.45) is 2.00. The van der Waals surface area contributed by atoms with Gasteiger partial charge in [0.1, 0.15) is 5.82 Å². The van der Waals surface area contributed by atoms with Gasteiger partial charge < -0.3 is 10.1 Å². The van der Waals surface area contributed by atoms with Crippen molar-refractivity contribution in [3.05, 3.63) is 33.6 Å². The molecule has 5 heteroatoms. The highest BCUT2D eigenvalue weighted by Gasteiger charge is 2.12. The highest BCUT2D eigenvalue weighted by atomic mass is 35.5. The van der Waals surface area contributed by atoms with Crippen LogP contribution >= 0.6 is 23.2 Å². The highest BCUT2D eigenvalue weighted by Crippen LogP contribution is 2.28. The van der Waals surface area contributed by atoms with E-state index in [-0.39, 0.29) is 11.1 Å². The first-order valence-electron chi connectivity index (χ1n) is 5.93. The molecule has 0 aromatic heterocycles. The van der Waals surface area contributed by atoms with E-state index in [2.05, 4.69) is 5.32 Å². The van der Waals surface area contributed by atoms with E-state index in [9.17, 15) is 4.39 Å². The summed E-state index contributed by atoms with van der Waals surface area (Å²) >= 11 is 11.7. The van der Waals surface area contributed by atoms with Gasteiger partial charge in [0.2, 0.25) is 0 Å². The third-order valence-corrected chi connectivity index (χ3v) is 3.35. The molecule has 0 heterocycles. The maximum atomic E-state index is 13.4. The van der Waals surface area contributed by atoms with Gasteiger partial charge in [0.05, 0.1) is 5.02 Å². The first-order chi connectivity index (χ1) is 8.56. The lowest BCUT2D eigenvalue weighted by molar-refractivity contribution is 0.192. The zero-order valence-corrected chi connectivity index (χ0v) is 12.1. The van der Waals surface area contributed by atoms with Crippen molar-refractivity contribution in [1.82, 2.24) is 5.32 Å². The predicted molar refractivity (Wildman–Crippen MR) is 73.9 cm³/mol. The molecule has 1 atom stereocenters. The molecule has 0 spiro atoms. The Balaban J connectivity index is 2.51. The van der Waals surface area contributed by atoms with Crippen molar-refractivity contribution >= 4 is 23.2 Å². The van der Waals surface area contributed by atoms with Gasteiger partial charge >= 0.3 is 0 Å². The van der Waals surface area contributed by atoms with Gasteiger partial charge in [-0.1, -0.05) is 23.2 Å². The second-order valence-electron chi connectivity index (χ2n) is 4.16. The molecule has 0 saturated carbocycles. The molecule has 0 amide bonds. The van der Waals surface area contributed by atoms with E-state index in [0.29, 0.717) is 5.02 Å². The number of methoxy groups -OCH3 is 1. The van der Waals surface area contributed by atoms with Crippen molar-refractivity contribution in [3.8, 4) is 0 Å². The van der Waals surface area contributed by atoms with Gasteiger partial charge in [-0.3, -0.25) is 0 Å². The van der Waals surface area contributed by atoms with Crippen LogP contribution in [0.25, 0.3) is 0 Å². The highest BCUT2D eigenvalue weighted by molar-refractivity contribution is 6.35. The SMILES string of the molecule is COCCCCNC(C)c1cc(F)c(Cl)cc1Cl. The number of hydrogen-bond acceptors (Lipinski definition) is 2. The maximum absolute atomic E-state index is 13.4. The zero-order chi connectivity index (χ0) is 13.5. The van der Waals surface area contributed by atoms with Crippen LogP contribution in [0.4, 0.5) is 4.39 Å². The number of rotatable bonds is 7. The standard InChI is InChI=1S/C13H18Cl2FNO/c1-9(17-5-3-4-6-18-2)10-7-13(16)12(15)8-11(10)14/h7-9,17H,3-6H2,1-2H3. The van der Waals surface area contributed by atoms with Crippen molar-refractivity contribution in [1.29, 1.82) is 0 Å². The summed E-state index contributed by atoms with van der Waals surface area (Å²) in [4.78, 5) is 0. The second kappa shape index (κ2) is 7.95. The second-order valence-corrected chi connectivity index (χ2v) is 4.98. The van der Waals surface area contributed by atoms with Crippen LogP contribution in [0.2, 0.25) is 10.0 Å². The number of ether oxygens (including phenoxy) is 1. The lowest BCUT2D eigenvalue weighted by atomic mass is 10.1. The van der Waals surface area contributed by atoms with Crippen LogP contribution in [0.5, 0.6) is 0 Å². The summed E-state index contributed by atoms with van der Waals surface area (Å²) in [6, 6.07) is 2.82. The lowest BCUT2D eigenvalue weighted by Gasteiger charge is -2.16. The van der Waals surface area contributed by atoms with Gasteiger partial charge in [-0.15, -0.1) is 0 Å². The molecule has 0 saturated heterocycles. The molecule has 1 rings (SSSR count). The largest absolute Gasteiger partial charge is 0.385 e. The van der Waals surface area contributed by atoms with Gasteiger partial charge in [-0.05, 0) is 44.0 Å². The van der Waals surface area contributed by atoms with Gasteiger partial charge in [0, 0.05) is 24.8 Å². The number of unbranched alkanes of at least 4 members (excludes halogenated alkanes) is 1. The molecule has 2 nitrogen and oxygen atoms in total. The summed E-state index contributed by atoms with van der Waals surface area (Å²) in [5, 5.41) is 3.83. The maximum Gasteiger partial charge on any atom is 0.142 e. The summed E-state index contributed by atoms with van der Waals surface area (Å²) in [7, 11) is 1.69. The van der Waals surface area contributed by atoms with E-state index in [1.54, 1.807) is 7.11 Å². The van der Waals surface area contributed by atoms with E-state index in [4.69, 9.17) is 27.9 Å². The Labute approximate surface area is 117 Å². The Kier molecular flexibility index (Phi) is 6.94. The Morgan fingerprint density at radius 3 is 2.67 bits per heavy atom. The first-order valence-corrected chi connectivity index (χ1v) is 6.68. The molecule has 1 N–H and O–H groups in total. The normalized spacial score (nSPS) is 12.7. The summed E-state index contributed by atoms with van der Waals surface area (Å²) in [5.74, 6) is -0.441. The quantitative estimate of drug-likeness (QED) is 0.601. The molecular weight excluding hydrogens is 276 g/mol. The zero-order valence-electron chi connectivity index (χ0n) is 10.6. The van der Waals surface area contributed by atoms with Crippen molar-refractivity contribution in [2.45, 2.75) is 25.8 Å². The summed E-state index contributed by atoms with van der Waals surface area (Å²) < 4.78 is 18.3. The Hall–Kier alpha value is -0.350. The van der Waals surface area contributed by atoms with Crippen LogP contribution in [-0.2, 0) is 4.74 Å². The minimum absolute atomic E-state index is 0.00758. The third-order valence-electron chi connectivity index (χ3n) is 2.73. The van der Waals surface area contributed by atoms with Crippen LogP contribution < -0.4 is 5.32 Å². The van der Waals surface area contributed by atoms with Crippen molar-refractivity contribution in [2.75, 3.05) is 20.3 Å². The molecule has 0 bridgehead atoms. The van der Waals surface area contributed by atoms with E-state index in [0.717, 1.165) is 31.6 Å². The van der Waals surface area contributed by atoms with Crippen LogP contribution in [0.1, 0.15) is 31.4 Å². The predicted octanol–water partition coefficient (Wildman–Crippen LogP) is 4.21. The minimum atomic E-state index is -0.441. The average Bonchev–Trinajstić information content (AvgIpc) is 2.33. The molecule has 0 radical (unpaired) electrons. The number of hydrogen-bond donors (Lipinski definition) is 1. The van der Waals surface area contributed by atoms with Crippen LogP contribution in [0, 0.1) is 5.82 Å². The van der Waals surface area contributed by atoms with Crippen LogP contribution in [-0.4, -0.2) is 20.3 Å². The average molecular weight is 294 g/mol. The molecule has 18 heavy (non-hydrogen) atoms. The monoisotopic (exact) mass is 293 g/mol. The summed E-state index contributed by atoms with van der Waals surface area (Å²) in [6.45, 7) is 3.54. The molecule has 0 fully saturated rings. The van der Waals surface area contributed by atoms with Gasteiger partial charge in [0.15, 0.2) is 0 Å². The molecule has 0 aliphatic rings. The smallest absolute Gasteiger partial charge is 0.142 e. The number of benzene rings is 1. The fourth-order valence-corrected chi connectivity index (χ4v) is 2.22. The van der Waals surface area contributed by atoms with E-state index < -0.39 is 5.82 Å². The van der Waals surface area contributed by atoms with E-state index in [1.807, 2.05) is 6.92 Å². The van der Waals surface area contributed by atoms with Crippen LogP contribution in [0.15, 0.2) is 12.1 Å². The fraction of sp³-hybridized carbons (Fsp3) is 0.538. The van der Waals surface area contributed by atoms with Gasteiger partial charge in [0.25, 0.3) is 0 Å². The van der Waals surface area contributed by atoms with Crippen molar-refractivity contribution < 1.29 is 9.13 Å². The molecular formula is C13H18Cl2FNO. The Bertz CT molecular complexity index is 387. The minimum Gasteiger partial charge on any atom is -0.385 e. The topological polar surface area (TPSA) is 21.3 Å². The van der Waals surface area contributed by atoms with E-state index in [1.165, 1.54) is 12.1 Å². The van der Waals surface area contributed by atoms with Gasteiger partial charge in [-0.25, -0.2) is 4.39 Å². The van der Waals surface area contributed by atoms with Crippen LogP contribution in [0.3, 0.4) is 0 Å². The van der Waals surface area contributed by atoms with Crippen molar-refractivity contribution in [2.24, 2.45) is 0 Å². The summed E-state index contributed by atoms with van der Waals surface area (Å²) in [5.41, 5.74) is 0.727. The van der Waals surface area contributed by atoms with Gasteiger partial charge in [-0.2, -0.15) is 0 Å². The molecule has 102 valence electrons. The Morgan fingerprint density at radius 2 is 2.00 bits per heavy atom.